The molecule has 166 valence electrons. The van der Waals surface area contributed by atoms with Gasteiger partial charge in [0.25, 0.3) is 5.91 Å². The minimum atomic E-state index is -3.30. The number of hydrogen-bond donors (Lipinski definition) is 1. The normalized spacial score (nSPS) is 20.7. The molecule has 2 aromatic rings. The molecule has 1 N–H and O–H groups in total. The van der Waals surface area contributed by atoms with Gasteiger partial charge in [0.15, 0.2) is 0 Å². The Hall–Kier alpha value is -2.38. The van der Waals surface area contributed by atoms with Crippen LogP contribution in [-0.4, -0.2) is 37.3 Å². The van der Waals surface area contributed by atoms with Crippen molar-refractivity contribution in [1.82, 2.24) is 9.62 Å². The van der Waals surface area contributed by atoms with Gasteiger partial charge in [-0.05, 0) is 57.4 Å². The highest BCUT2D eigenvalue weighted by Gasteiger charge is 2.34. The van der Waals surface area contributed by atoms with E-state index in [-0.39, 0.29) is 23.3 Å². The molecule has 0 saturated carbocycles. The van der Waals surface area contributed by atoms with Crippen LogP contribution in [0.5, 0.6) is 5.75 Å². The number of fused-ring (bicyclic) bond motifs is 1. The molecule has 4 rings (SSSR count). The first kappa shape index (κ1) is 21.8. The van der Waals surface area contributed by atoms with Crippen LogP contribution in [0.15, 0.2) is 42.5 Å². The minimum Gasteiger partial charge on any atom is -0.487 e. The monoisotopic (exact) mass is 442 g/mol. The molecule has 1 amide bonds. The van der Waals surface area contributed by atoms with Crippen LogP contribution in [0, 0.1) is 6.92 Å². The number of carbonyl (C=O) groups is 1. The van der Waals surface area contributed by atoms with Crippen molar-refractivity contribution >= 4 is 15.9 Å². The summed E-state index contributed by atoms with van der Waals surface area (Å²) in [6.45, 7) is 7.26. The van der Waals surface area contributed by atoms with Crippen LogP contribution in [0.2, 0.25) is 0 Å². The van der Waals surface area contributed by atoms with Gasteiger partial charge in [-0.25, -0.2) is 12.7 Å². The van der Waals surface area contributed by atoms with Gasteiger partial charge in [0.1, 0.15) is 11.4 Å². The fourth-order valence-corrected chi connectivity index (χ4v) is 5.98. The third kappa shape index (κ3) is 4.93. The highest BCUT2D eigenvalue weighted by molar-refractivity contribution is 7.88. The fourth-order valence-electron chi connectivity index (χ4n) is 4.36. The summed E-state index contributed by atoms with van der Waals surface area (Å²) >= 11 is 0. The number of nitrogens with one attached hydrogen (secondary N) is 1. The molecular weight excluding hydrogens is 412 g/mol. The highest BCUT2D eigenvalue weighted by atomic mass is 32.2. The number of carbonyl (C=O) groups excluding carboxylic acids is 1. The number of rotatable bonds is 5. The topological polar surface area (TPSA) is 75.7 Å². The van der Waals surface area contributed by atoms with Crippen LogP contribution in [0.1, 0.15) is 66.2 Å². The second kappa shape index (κ2) is 8.28. The van der Waals surface area contributed by atoms with Crippen LogP contribution >= 0.6 is 0 Å². The highest BCUT2D eigenvalue weighted by Crippen LogP contribution is 2.40. The van der Waals surface area contributed by atoms with E-state index >= 15 is 0 Å². The van der Waals surface area contributed by atoms with Crippen LogP contribution in [0.4, 0.5) is 0 Å². The molecule has 0 unspecified atom stereocenters. The Morgan fingerprint density at radius 2 is 1.81 bits per heavy atom. The number of hydrogen-bond acceptors (Lipinski definition) is 4. The first-order chi connectivity index (χ1) is 14.6. The number of ether oxygens (including phenoxy) is 1. The first-order valence-corrected chi connectivity index (χ1v) is 12.4. The van der Waals surface area contributed by atoms with Gasteiger partial charge in [-0.2, -0.15) is 0 Å². The summed E-state index contributed by atoms with van der Waals surface area (Å²) in [5.41, 5.74) is 2.93. The van der Waals surface area contributed by atoms with Gasteiger partial charge < -0.3 is 10.1 Å². The summed E-state index contributed by atoms with van der Waals surface area (Å²) in [7, 11) is -3.30. The van der Waals surface area contributed by atoms with Gasteiger partial charge in [0.05, 0.1) is 11.8 Å². The van der Waals surface area contributed by atoms with Crippen molar-refractivity contribution in [3.05, 3.63) is 64.7 Å². The lowest BCUT2D eigenvalue weighted by atomic mass is 9.88. The summed E-state index contributed by atoms with van der Waals surface area (Å²) in [6, 6.07) is 12.7. The zero-order chi connectivity index (χ0) is 22.2. The fraction of sp³-hybridized carbons (Fsp3) is 0.458. The van der Waals surface area contributed by atoms with E-state index in [4.69, 9.17) is 4.74 Å². The van der Waals surface area contributed by atoms with Crippen molar-refractivity contribution in [2.45, 2.75) is 57.4 Å². The Bertz CT molecular complexity index is 1070. The van der Waals surface area contributed by atoms with Crippen molar-refractivity contribution in [1.29, 1.82) is 0 Å². The Labute approximate surface area is 184 Å². The predicted octanol–water partition coefficient (Wildman–Crippen LogP) is 3.95. The molecule has 2 aliphatic heterocycles. The summed E-state index contributed by atoms with van der Waals surface area (Å²) < 4.78 is 32.7. The molecule has 2 aliphatic rings. The molecule has 0 radical (unpaired) electrons. The van der Waals surface area contributed by atoms with Crippen molar-refractivity contribution in [3.63, 3.8) is 0 Å². The molecule has 6 nitrogen and oxygen atoms in total. The SMILES string of the molecule is Cc1ccc2c(c1)[C@@H](NC(=O)c1ccc(CS(=O)(=O)N3CCCC3)cc1)CC(C)(C)O2. The van der Waals surface area contributed by atoms with E-state index in [0.29, 0.717) is 30.6 Å². The molecule has 0 aromatic heterocycles. The van der Waals surface area contributed by atoms with Crippen molar-refractivity contribution in [3.8, 4) is 5.75 Å². The van der Waals surface area contributed by atoms with Gasteiger partial charge in [-0.3, -0.25) is 4.79 Å². The Morgan fingerprint density at radius 1 is 1.13 bits per heavy atom. The second-order valence-corrected chi connectivity index (χ2v) is 11.2. The van der Waals surface area contributed by atoms with Crippen molar-refractivity contribution in [2.75, 3.05) is 13.1 Å². The third-order valence-electron chi connectivity index (χ3n) is 5.95. The average molecular weight is 443 g/mol. The van der Waals surface area contributed by atoms with E-state index in [1.54, 1.807) is 28.6 Å². The maximum atomic E-state index is 12.9. The van der Waals surface area contributed by atoms with E-state index in [9.17, 15) is 13.2 Å². The van der Waals surface area contributed by atoms with Crippen LogP contribution in [0.25, 0.3) is 0 Å². The molecule has 7 heteroatoms. The molecule has 1 fully saturated rings. The molecular formula is C24H30N2O4S. The molecule has 0 spiro atoms. The van der Waals surface area contributed by atoms with E-state index in [2.05, 4.69) is 11.4 Å². The summed E-state index contributed by atoms with van der Waals surface area (Å²) in [4.78, 5) is 12.9. The summed E-state index contributed by atoms with van der Waals surface area (Å²) in [5, 5.41) is 3.14. The minimum absolute atomic E-state index is 0.0320. The van der Waals surface area contributed by atoms with E-state index in [0.717, 1.165) is 29.7 Å². The van der Waals surface area contributed by atoms with Gasteiger partial charge in [0.2, 0.25) is 10.0 Å². The lowest BCUT2D eigenvalue weighted by molar-refractivity contribution is 0.0619. The number of sulfonamides is 1. The van der Waals surface area contributed by atoms with Crippen LogP contribution in [-0.2, 0) is 15.8 Å². The number of nitrogens with zero attached hydrogens (tertiary/aromatic N) is 1. The Balaban J connectivity index is 1.47. The quantitative estimate of drug-likeness (QED) is 0.761. The van der Waals surface area contributed by atoms with E-state index in [1.807, 2.05) is 32.9 Å². The summed E-state index contributed by atoms with van der Waals surface area (Å²) in [5.74, 6) is 0.592. The molecule has 2 heterocycles. The van der Waals surface area contributed by atoms with E-state index in [1.165, 1.54) is 0 Å². The smallest absolute Gasteiger partial charge is 0.251 e. The van der Waals surface area contributed by atoms with Gasteiger partial charge in [0, 0.05) is 30.6 Å². The average Bonchev–Trinajstić information content (AvgIpc) is 3.24. The Kier molecular flexibility index (Phi) is 5.83. The zero-order valence-electron chi connectivity index (χ0n) is 18.3. The molecule has 31 heavy (non-hydrogen) atoms. The lowest BCUT2D eigenvalue weighted by Gasteiger charge is -2.38. The third-order valence-corrected chi connectivity index (χ3v) is 7.80. The van der Waals surface area contributed by atoms with E-state index < -0.39 is 10.0 Å². The van der Waals surface area contributed by atoms with Crippen LogP contribution in [0.3, 0.4) is 0 Å². The summed E-state index contributed by atoms with van der Waals surface area (Å²) in [6.07, 6.45) is 2.51. The van der Waals surface area contributed by atoms with Gasteiger partial charge in [-0.1, -0.05) is 29.8 Å². The molecule has 2 aromatic carbocycles. The largest absolute Gasteiger partial charge is 0.487 e. The second-order valence-electron chi connectivity index (χ2n) is 9.19. The zero-order valence-corrected chi connectivity index (χ0v) is 19.2. The lowest BCUT2D eigenvalue weighted by Crippen LogP contribution is -2.41. The first-order valence-electron chi connectivity index (χ1n) is 10.8. The number of amides is 1. The molecule has 0 aliphatic carbocycles. The van der Waals surface area contributed by atoms with Crippen molar-refractivity contribution in [2.24, 2.45) is 0 Å². The Morgan fingerprint density at radius 3 is 2.48 bits per heavy atom. The number of benzene rings is 2. The maximum absolute atomic E-state index is 12.9. The standard InChI is InChI=1S/C24H30N2O4S/c1-17-6-11-22-20(14-17)21(15-24(2,3)30-22)25-23(27)19-9-7-18(8-10-19)16-31(28,29)26-12-4-5-13-26/h6-11,14,21H,4-5,12-13,15-16H2,1-3H3,(H,25,27)/t21-/m0/s1. The van der Waals surface area contributed by atoms with Crippen molar-refractivity contribution < 1.29 is 17.9 Å². The molecule has 1 saturated heterocycles. The van der Waals surface area contributed by atoms with Gasteiger partial charge in [-0.15, -0.1) is 0 Å². The molecule has 1 atom stereocenters. The van der Waals surface area contributed by atoms with Gasteiger partial charge >= 0.3 is 0 Å². The molecule has 0 bridgehead atoms. The van der Waals surface area contributed by atoms with Crippen LogP contribution < -0.4 is 10.1 Å². The number of aryl methyl sites for hydroxylation is 1. The maximum Gasteiger partial charge on any atom is 0.251 e. The predicted molar refractivity (Wildman–Crippen MR) is 121 cm³/mol.